The first kappa shape index (κ1) is 16.5. The fourth-order valence-electron chi connectivity index (χ4n) is 2.83. The lowest BCUT2D eigenvalue weighted by atomic mass is 9.93. The average molecular weight is 346 g/mol. The summed E-state index contributed by atoms with van der Waals surface area (Å²) < 4.78 is 0. The molecule has 1 amide bonds. The molecule has 2 aromatic rings. The molecule has 8 heteroatoms. The van der Waals surface area contributed by atoms with Crippen LogP contribution >= 0.6 is 11.3 Å². The number of rotatable bonds is 4. The number of nitrogens with zero attached hydrogens (tertiary/aromatic N) is 4. The molecule has 1 fully saturated rings. The summed E-state index contributed by atoms with van der Waals surface area (Å²) in [4.78, 5) is 38.7. The molecule has 0 aromatic carbocycles. The van der Waals surface area contributed by atoms with Crippen molar-refractivity contribution in [3.8, 4) is 10.8 Å². The van der Waals surface area contributed by atoms with E-state index in [4.69, 9.17) is 5.11 Å². The van der Waals surface area contributed by atoms with Crippen LogP contribution in [-0.4, -0.2) is 49.9 Å². The summed E-state index contributed by atoms with van der Waals surface area (Å²) in [6.07, 6.45) is 4.92. The van der Waals surface area contributed by atoms with Crippen LogP contribution < -0.4 is 0 Å². The van der Waals surface area contributed by atoms with Crippen LogP contribution in [-0.2, 0) is 4.79 Å². The highest BCUT2D eigenvalue weighted by molar-refractivity contribution is 7.17. The van der Waals surface area contributed by atoms with E-state index in [1.54, 1.807) is 23.4 Å². The number of carboxylic acid groups (broad SMARTS) is 1. The summed E-state index contributed by atoms with van der Waals surface area (Å²) in [5, 5.41) is 9.50. The molecular formula is C16H18N4O3S. The van der Waals surface area contributed by atoms with E-state index < -0.39 is 5.97 Å². The maximum atomic E-state index is 12.7. The van der Waals surface area contributed by atoms with Crippen molar-refractivity contribution in [2.45, 2.75) is 26.2 Å². The molecule has 0 saturated carbocycles. The molecule has 1 N–H and O–H groups in total. The van der Waals surface area contributed by atoms with Gasteiger partial charge in [-0.05, 0) is 31.7 Å². The third-order valence-electron chi connectivity index (χ3n) is 4.11. The molecule has 0 bridgehead atoms. The first-order valence-electron chi connectivity index (χ1n) is 7.80. The fourth-order valence-corrected chi connectivity index (χ4v) is 3.81. The molecule has 0 spiro atoms. The first-order valence-corrected chi connectivity index (χ1v) is 8.62. The molecule has 24 heavy (non-hydrogen) atoms. The molecule has 0 radical (unpaired) electrons. The molecule has 0 aliphatic carbocycles. The number of likely N-dealkylation sites (tertiary alicyclic amines) is 1. The van der Waals surface area contributed by atoms with Gasteiger partial charge >= 0.3 is 5.97 Å². The molecule has 1 aliphatic heterocycles. The Morgan fingerprint density at radius 1 is 1.29 bits per heavy atom. The Bertz CT molecular complexity index is 739. The largest absolute Gasteiger partial charge is 0.481 e. The summed E-state index contributed by atoms with van der Waals surface area (Å²) in [6.45, 7) is 2.99. The van der Waals surface area contributed by atoms with Gasteiger partial charge in [0.1, 0.15) is 4.88 Å². The maximum absolute atomic E-state index is 12.7. The lowest BCUT2D eigenvalue weighted by Crippen LogP contribution is -2.38. The predicted molar refractivity (Wildman–Crippen MR) is 88.8 cm³/mol. The molecule has 1 saturated heterocycles. The minimum Gasteiger partial charge on any atom is -0.481 e. The quantitative estimate of drug-likeness (QED) is 0.912. The van der Waals surface area contributed by atoms with Crippen molar-refractivity contribution >= 4 is 23.2 Å². The Hall–Kier alpha value is -2.35. The standard InChI is InChI=1S/C16H18N4O3S/c1-10-13(24-15(19-10)14-17-5-2-6-18-14)16(23)20-7-3-11(4-8-20)9-12(21)22/h2,5-6,11H,3-4,7-9H2,1H3,(H,21,22). The van der Waals surface area contributed by atoms with Crippen LogP contribution in [0, 0.1) is 12.8 Å². The van der Waals surface area contributed by atoms with Crippen molar-refractivity contribution in [3.05, 3.63) is 29.0 Å². The van der Waals surface area contributed by atoms with Crippen LogP contribution in [0.1, 0.15) is 34.6 Å². The van der Waals surface area contributed by atoms with Crippen molar-refractivity contribution in [3.63, 3.8) is 0 Å². The van der Waals surface area contributed by atoms with Crippen molar-refractivity contribution in [2.24, 2.45) is 5.92 Å². The number of hydrogen-bond donors (Lipinski definition) is 1. The Morgan fingerprint density at radius 3 is 2.58 bits per heavy atom. The van der Waals surface area contributed by atoms with Gasteiger partial charge in [0.05, 0.1) is 5.69 Å². The first-order chi connectivity index (χ1) is 11.5. The lowest BCUT2D eigenvalue weighted by Gasteiger charge is -2.31. The number of carboxylic acids is 1. The van der Waals surface area contributed by atoms with E-state index in [1.165, 1.54) is 11.3 Å². The minimum atomic E-state index is -0.773. The van der Waals surface area contributed by atoms with Crippen LogP contribution in [0.15, 0.2) is 18.5 Å². The number of aliphatic carboxylic acids is 1. The zero-order valence-electron chi connectivity index (χ0n) is 13.3. The highest BCUT2D eigenvalue weighted by Crippen LogP contribution is 2.28. The highest BCUT2D eigenvalue weighted by atomic mass is 32.1. The molecule has 7 nitrogen and oxygen atoms in total. The Labute approximate surface area is 143 Å². The molecule has 1 aliphatic rings. The number of amides is 1. The topological polar surface area (TPSA) is 96.3 Å². The van der Waals surface area contributed by atoms with Crippen molar-refractivity contribution in [1.82, 2.24) is 19.9 Å². The van der Waals surface area contributed by atoms with Crippen LogP contribution in [0.3, 0.4) is 0 Å². The van der Waals surface area contributed by atoms with E-state index in [2.05, 4.69) is 15.0 Å². The summed E-state index contributed by atoms with van der Waals surface area (Å²) >= 11 is 1.30. The van der Waals surface area contributed by atoms with Gasteiger partial charge < -0.3 is 10.0 Å². The second-order valence-corrected chi connectivity index (χ2v) is 6.84. The van der Waals surface area contributed by atoms with Crippen LogP contribution in [0.2, 0.25) is 0 Å². The van der Waals surface area contributed by atoms with Crippen LogP contribution in [0.25, 0.3) is 10.8 Å². The molecule has 3 heterocycles. The lowest BCUT2D eigenvalue weighted by molar-refractivity contribution is -0.138. The van der Waals surface area contributed by atoms with Crippen LogP contribution in [0.4, 0.5) is 0 Å². The third kappa shape index (κ3) is 3.59. The zero-order chi connectivity index (χ0) is 17.1. The second-order valence-electron chi connectivity index (χ2n) is 5.84. The number of thiazole rings is 1. The summed E-state index contributed by atoms with van der Waals surface area (Å²) in [7, 11) is 0. The Balaban J connectivity index is 1.70. The molecular weight excluding hydrogens is 328 g/mol. The van der Waals surface area contributed by atoms with Gasteiger partial charge in [-0.3, -0.25) is 9.59 Å². The average Bonchev–Trinajstić information content (AvgIpc) is 2.97. The molecule has 126 valence electrons. The zero-order valence-corrected chi connectivity index (χ0v) is 14.1. The highest BCUT2D eigenvalue weighted by Gasteiger charge is 2.27. The second kappa shape index (κ2) is 7.04. The number of hydrogen-bond acceptors (Lipinski definition) is 6. The van der Waals surface area contributed by atoms with Crippen molar-refractivity contribution in [2.75, 3.05) is 13.1 Å². The smallest absolute Gasteiger partial charge is 0.303 e. The van der Waals surface area contributed by atoms with Gasteiger partial charge in [0.15, 0.2) is 10.8 Å². The summed E-state index contributed by atoms with van der Waals surface area (Å²) in [6, 6.07) is 1.73. The maximum Gasteiger partial charge on any atom is 0.303 e. The minimum absolute atomic E-state index is 0.0408. The van der Waals surface area contributed by atoms with Gasteiger partial charge in [0, 0.05) is 31.9 Å². The molecule has 0 atom stereocenters. The monoisotopic (exact) mass is 346 g/mol. The van der Waals surface area contributed by atoms with Crippen molar-refractivity contribution < 1.29 is 14.7 Å². The Morgan fingerprint density at radius 2 is 1.96 bits per heavy atom. The SMILES string of the molecule is Cc1nc(-c2ncccn2)sc1C(=O)N1CCC(CC(=O)O)CC1. The normalized spacial score (nSPS) is 15.5. The van der Waals surface area contributed by atoms with Gasteiger partial charge in [0.2, 0.25) is 0 Å². The third-order valence-corrected chi connectivity index (χ3v) is 5.25. The summed E-state index contributed by atoms with van der Waals surface area (Å²) in [5.74, 6) is -0.140. The fraction of sp³-hybridized carbons (Fsp3) is 0.438. The number of carbonyl (C=O) groups is 2. The molecule has 0 unspecified atom stereocenters. The van der Waals surface area contributed by atoms with E-state index >= 15 is 0 Å². The van der Waals surface area contributed by atoms with E-state index in [0.717, 1.165) is 12.8 Å². The predicted octanol–water partition coefficient (Wildman–Crippen LogP) is 2.24. The van der Waals surface area contributed by atoms with Gasteiger partial charge in [-0.2, -0.15) is 0 Å². The molecule has 2 aromatic heterocycles. The Kier molecular flexibility index (Phi) is 4.84. The van der Waals surface area contributed by atoms with Crippen molar-refractivity contribution in [1.29, 1.82) is 0 Å². The van der Waals surface area contributed by atoms with Crippen LogP contribution in [0.5, 0.6) is 0 Å². The van der Waals surface area contributed by atoms with E-state index in [-0.39, 0.29) is 18.2 Å². The molecule has 3 rings (SSSR count). The van der Waals surface area contributed by atoms with E-state index in [1.807, 2.05) is 6.92 Å². The van der Waals surface area contributed by atoms with Gasteiger partial charge in [-0.25, -0.2) is 15.0 Å². The number of carbonyl (C=O) groups excluding carboxylic acids is 1. The van der Waals surface area contributed by atoms with E-state index in [9.17, 15) is 9.59 Å². The van der Waals surface area contributed by atoms with E-state index in [0.29, 0.717) is 34.5 Å². The van der Waals surface area contributed by atoms with Gasteiger partial charge in [-0.1, -0.05) is 0 Å². The number of aryl methyl sites for hydroxylation is 1. The van der Waals surface area contributed by atoms with Gasteiger partial charge in [-0.15, -0.1) is 11.3 Å². The summed E-state index contributed by atoms with van der Waals surface area (Å²) in [5.41, 5.74) is 0.681. The number of piperidine rings is 1. The van der Waals surface area contributed by atoms with Gasteiger partial charge in [0.25, 0.3) is 5.91 Å². The number of aromatic nitrogens is 3.